The Hall–Kier alpha value is -2.47. The van der Waals surface area contributed by atoms with Gasteiger partial charge >= 0.3 is 6.18 Å². The molecule has 1 aliphatic carbocycles. The molecule has 0 saturated heterocycles. The summed E-state index contributed by atoms with van der Waals surface area (Å²) in [4.78, 5) is 0. The Bertz CT molecular complexity index is 838. The topological polar surface area (TPSA) is 0 Å². The summed E-state index contributed by atoms with van der Waals surface area (Å²) in [6.45, 7) is 2.17. The second-order valence-corrected chi connectivity index (χ2v) is 7.41. The van der Waals surface area contributed by atoms with Crippen molar-refractivity contribution in [3.05, 3.63) is 82.9 Å². The van der Waals surface area contributed by atoms with E-state index in [1.165, 1.54) is 36.1 Å². The molecule has 146 valence electrons. The lowest BCUT2D eigenvalue weighted by atomic mass is 9.78. The Labute approximate surface area is 165 Å². The van der Waals surface area contributed by atoms with Gasteiger partial charge in [0, 0.05) is 5.56 Å². The van der Waals surface area contributed by atoms with Gasteiger partial charge in [-0.3, -0.25) is 0 Å². The van der Waals surface area contributed by atoms with Gasteiger partial charge in [-0.25, -0.2) is 0 Å². The molecule has 0 amide bonds. The third-order valence-electron chi connectivity index (χ3n) is 5.51. The number of aryl methyl sites for hydroxylation is 1. The molecule has 0 N–H and O–H groups in total. The molecule has 1 aliphatic rings. The van der Waals surface area contributed by atoms with Crippen molar-refractivity contribution in [1.82, 2.24) is 0 Å². The molecule has 0 aliphatic heterocycles. The van der Waals surface area contributed by atoms with Crippen molar-refractivity contribution in [1.29, 1.82) is 0 Å². The highest BCUT2D eigenvalue weighted by Crippen LogP contribution is 2.36. The molecule has 0 spiro atoms. The molecule has 2 aromatic carbocycles. The summed E-state index contributed by atoms with van der Waals surface area (Å²) in [6.07, 6.45) is 5.44. The molecule has 0 aromatic heterocycles. The largest absolute Gasteiger partial charge is 0.416 e. The summed E-state index contributed by atoms with van der Waals surface area (Å²) in [5, 5.41) is 0. The SMILES string of the molecule is CCc1ccc(C2CCC(/C=C/C#Cc3ccc(C(F)(F)F)cc3)CC2)cc1. The van der Waals surface area contributed by atoms with E-state index >= 15 is 0 Å². The Morgan fingerprint density at radius 2 is 1.57 bits per heavy atom. The lowest BCUT2D eigenvalue weighted by Crippen LogP contribution is -2.11. The number of hydrogen-bond donors (Lipinski definition) is 0. The monoisotopic (exact) mass is 382 g/mol. The average Bonchev–Trinajstić information content (AvgIpc) is 2.71. The molecule has 0 nitrogen and oxygen atoms in total. The maximum absolute atomic E-state index is 12.6. The van der Waals surface area contributed by atoms with E-state index in [0.717, 1.165) is 31.4 Å². The molecule has 0 unspecified atom stereocenters. The fourth-order valence-electron chi connectivity index (χ4n) is 3.72. The highest BCUT2D eigenvalue weighted by Gasteiger charge is 2.29. The van der Waals surface area contributed by atoms with E-state index < -0.39 is 11.7 Å². The van der Waals surface area contributed by atoms with E-state index in [4.69, 9.17) is 0 Å². The van der Waals surface area contributed by atoms with Crippen molar-refractivity contribution in [2.45, 2.75) is 51.1 Å². The Balaban J connectivity index is 1.49. The van der Waals surface area contributed by atoms with E-state index in [1.807, 2.05) is 6.08 Å². The second kappa shape index (κ2) is 9.15. The molecule has 0 radical (unpaired) electrons. The molecule has 3 heteroatoms. The van der Waals surface area contributed by atoms with Gasteiger partial charge in [-0.2, -0.15) is 13.2 Å². The second-order valence-electron chi connectivity index (χ2n) is 7.41. The minimum Gasteiger partial charge on any atom is -0.166 e. The number of benzene rings is 2. The first kappa shape index (κ1) is 20.3. The van der Waals surface area contributed by atoms with Crippen LogP contribution in [0.3, 0.4) is 0 Å². The average molecular weight is 382 g/mol. The zero-order valence-corrected chi connectivity index (χ0v) is 16.1. The predicted molar refractivity (Wildman–Crippen MR) is 108 cm³/mol. The van der Waals surface area contributed by atoms with E-state index in [0.29, 0.717) is 17.4 Å². The summed E-state index contributed by atoms with van der Waals surface area (Å²) < 4.78 is 37.7. The van der Waals surface area contributed by atoms with Crippen molar-refractivity contribution < 1.29 is 13.2 Å². The van der Waals surface area contributed by atoms with Crippen LogP contribution >= 0.6 is 0 Å². The normalized spacial score (nSPS) is 20.0. The van der Waals surface area contributed by atoms with Crippen LogP contribution in [0.15, 0.2) is 60.7 Å². The van der Waals surface area contributed by atoms with Crippen molar-refractivity contribution in [2.75, 3.05) is 0 Å². The quantitative estimate of drug-likeness (QED) is 0.495. The van der Waals surface area contributed by atoms with Gasteiger partial charge in [0.2, 0.25) is 0 Å². The molecular formula is C25H25F3. The number of alkyl halides is 3. The summed E-state index contributed by atoms with van der Waals surface area (Å²) in [7, 11) is 0. The Kier molecular flexibility index (Phi) is 6.62. The van der Waals surface area contributed by atoms with E-state index in [-0.39, 0.29) is 0 Å². The standard InChI is InChI=1S/C25H25F3/c1-2-19-7-13-22(14-8-19)23-15-9-20(10-16-23)5-3-4-6-21-11-17-24(18-12-21)25(26,27)28/h3,5,7-8,11-14,17-18,20,23H,2,9-10,15-16H2,1H3/b5-3+. The van der Waals surface area contributed by atoms with Crippen LogP contribution in [0.25, 0.3) is 0 Å². The first-order chi connectivity index (χ1) is 13.5. The lowest BCUT2D eigenvalue weighted by molar-refractivity contribution is -0.137. The van der Waals surface area contributed by atoms with Crippen LogP contribution in [0, 0.1) is 17.8 Å². The lowest BCUT2D eigenvalue weighted by Gasteiger charge is -2.27. The van der Waals surface area contributed by atoms with Gasteiger partial charge in [0.05, 0.1) is 5.56 Å². The predicted octanol–water partition coefficient (Wildman–Crippen LogP) is 7.15. The third kappa shape index (κ3) is 5.52. The molecule has 2 aromatic rings. The van der Waals surface area contributed by atoms with Gasteiger partial charge in [0.15, 0.2) is 0 Å². The van der Waals surface area contributed by atoms with Gasteiger partial charge in [-0.05, 0) is 85.4 Å². The van der Waals surface area contributed by atoms with Crippen LogP contribution < -0.4 is 0 Å². The van der Waals surface area contributed by atoms with Crippen LogP contribution in [-0.4, -0.2) is 0 Å². The third-order valence-corrected chi connectivity index (χ3v) is 5.51. The van der Waals surface area contributed by atoms with Crippen LogP contribution in [0.2, 0.25) is 0 Å². The van der Waals surface area contributed by atoms with Gasteiger partial charge in [0.25, 0.3) is 0 Å². The first-order valence-corrected chi connectivity index (χ1v) is 9.90. The number of halogens is 3. The fraction of sp³-hybridized carbons (Fsp3) is 0.360. The highest BCUT2D eigenvalue weighted by molar-refractivity contribution is 5.39. The number of rotatable bonds is 3. The molecule has 1 fully saturated rings. The number of allylic oxidation sites excluding steroid dienone is 2. The molecule has 0 heterocycles. The molecule has 0 atom stereocenters. The van der Waals surface area contributed by atoms with E-state index in [9.17, 15) is 13.2 Å². The summed E-state index contributed by atoms with van der Waals surface area (Å²) in [6, 6.07) is 14.0. The highest BCUT2D eigenvalue weighted by atomic mass is 19.4. The van der Waals surface area contributed by atoms with Gasteiger partial charge < -0.3 is 0 Å². The molecular weight excluding hydrogens is 357 g/mol. The Morgan fingerprint density at radius 1 is 0.929 bits per heavy atom. The Morgan fingerprint density at radius 3 is 2.14 bits per heavy atom. The van der Waals surface area contributed by atoms with Crippen LogP contribution in [0.4, 0.5) is 13.2 Å². The van der Waals surface area contributed by atoms with Crippen molar-refractivity contribution in [3.63, 3.8) is 0 Å². The molecule has 28 heavy (non-hydrogen) atoms. The van der Waals surface area contributed by atoms with Crippen LogP contribution in [0.5, 0.6) is 0 Å². The summed E-state index contributed by atoms with van der Waals surface area (Å²) in [5.74, 6) is 7.04. The van der Waals surface area contributed by atoms with Gasteiger partial charge in [-0.15, -0.1) is 0 Å². The summed E-state index contributed by atoms with van der Waals surface area (Å²) >= 11 is 0. The smallest absolute Gasteiger partial charge is 0.166 e. The van der Waals surface area contributed by atoms with Gasteiger partial charge in [-0.1, -0.05) is 49.1 Å². The van der Waals surface area contributed by atoms with Crippen molar-refractivity contribution in [2.24, 2.45) is 5.92 Å². The molecule has 0 bridgehead atoms. The number of hydrogen-bond acceptors (Lipinski definition) is 0. The van der Waals surface area contributed by atoms with E-state index in [2.05, 4.69) is 49.1 Å². The first-order valence-electron chi connectivity index (χ1n) is 9.90. The van der Waals surface area contributed by atoms with Crippen molar-refractivity contribution >= 4 is 0 Å². The minimum atomic E-state index is -4.30. The van der Waals surface area contributed by atoms with Crippen LogP contribution in [-0.2, 0) is 12.6 Å². The van der Waals surface area contributed by atoms with Crippen molar-refractivity contribution in [3.8, 4) is 11.8 Å². The zero-order chi connectivity index (χ0) is 20.0. The zero-order valence-electron chi connectivity index (χ0n) is 16.1. The maximum atomic E-state index is 12.6. The van der Waals surface area contributed by atoms with E-state index in [1.54, 1.807) is 0 Å². The van der Waals surface area contributed by atoms with Gasteiger partial charge in [0.1, 0.15) is 0 Å². The minimum absolute atomic E-state index is 0.535. The van der Waals surface area contributed by atoms with Crippen LogP contribution in [0.1, 0.15) is 60.8 Å². The fourth-order valence-corrected chi connectivity index (χ4v) is 3.72. The molecule has 3 rings (SSSR count). The maximum Gasteiger partial charge on any atom is 0.416 e. The molecule has 1 saturated carbocycles. The summed E-state index contributed by atoms with van der Waals surface area (Å²) in [5.41, 5.74) is 2.78.